The van der Waals surface area contributed by atoms with Gasteiger partial charge >= 0.3 is 0 Å². The lowest BCUT2D eigenvalue weighted by atomic mass is 10.2. The van der Waals surface area contributed by atoms with Gasteiger partial charge in [0.25, 0.3) is 5.56 Å². The lowest BCUT2D eigenvalue weighted by Crippen LogP contribution is -2.16. The number of benzene rings is 1. The number of nitrogens with zero attached hydrogens (tertiary/aromatic N) is 1. The van der Waals surface area contributed by atoms with E-state index < -0.39 is 0 Å². The number of halogens is 1. The maximum absolute atomic E-state index is 12.1. The maximum atomic E-state index is 12.1. The number of aryl methyl sites for hydroxylation is 1. The van der Waals surface area contributed by atoms with Gasteiger partial charge in [0.1, 0.15) is 0 Å². The monoisotopic (exact) mass is 427 g/mol. The Morgan fingerprint density at radius 3 is 2.88 bits per heavy atom. The fourth-order valence-corrected chi connectivity index (χ4v) is 3.39. The highest BCUT2D eigenvalue weighted by Crippen LogP contribution is 2.20. The molecule has 0 aliphatic carbocycles. The molecule has 2 N–H and O–H groups in total. The van der Waals surface area contributed by atoms with Gasteiger partial charge in [-0.3, -0.25) is 9.59 Å². The summed E-state index contributed by atoms with van der Waals surface area (Å²) in [5, 5.41) is 3.31. The zero-order valence-corrected chi connectivity index (χ0v) is 16.6. The molecule has 1 heterocycles. The van der Waals surface area contributed by atoms with E-state index in [4.69, 9.17) is 0 Å². The molecule has 1 aromatic heterocycles. The molecule has 2 aromatic rings. The third-order valence-corrected chi connectivity index (χ3v) is 5.68. The first kappa shape index (κ1) is 19.1. The molecule has 0 bridgehead atoms. The van der Waals surface area contributed by atoms with E-state index in [-0.39, 0.29) is 17.2 Å². The second-order valence-electron chi connectivity index (χ2n) is 4.98. The van der Waals surface area contributed by atoms with Crippen molar-refractivity contribution in [3.8, 4) is 0 Å². The Balaban J connectivity index is 1.94. The first-order valence-electron chi connectivity index (χ1n) is 7.34. The number of carbonyl (C=O) groups is 1. The summed E-state index contributed by atoms with van der Waals surface area (Å²) >= 11 is 6.35. The minimum atomic E-state index is -0.192. The first-order valence-corrected chi connectivity index (χ1v) is 10.3. The number of H-pyrrole nitrogens is 1. The standard InChI is InChI=1S/C16H18BrN3O2S2/c1-3-23-8-12-7-14(21)20-16(19-12)24-9-15(22)18-11-4-5-13(17)10(2)6-11/h4-7H,3,8-9H2,1-2H3,(H,18,22)(H,19,20,21). The Morgan fingerprint density at radius 1 is 1.38 bits per heavy atom. The van der Waals surface area contributed by atoms with Crippen LogP contribution in [0.5, 0.6) is 0 Å². The van der Waals surface area contributed by atoms with Crippen LogP contribution >= 0.6 is 39.5 Å². The van der Waals surface area contributed by atoms with Crippen molar-refractivity contribution in [1.82, 2.24) is 9.97 Å². The smallest absolute Gasteiger partial charge is 0.251 e. The van der Waals surface area contributed by atoms with Crippen LogP contribution < -0.4 is 10.9 Å². The molecule has 0 spiro atoms. The molecular formula is C16H18BrN3O2S2. The molecule has 24 heavy (non-hydrogen) atoms. The molecule has 0 atom stereocenters. The molecule has 0 aliphatic rings. The highest BCUT2D eigenvalue weighted by molar-refractivity contribution is 9.10. The predicted octanol–water partition coefficient (Wildman–Crippen LogP) is 3.82. The molecule has 5 nitrogen and oxygen atoms in total. The molecular weight excluding hydrogens is 410 g/mol. The number of nitrogens with one attached hydrogen (secondary N) is 2. The fraction of sp³-hybridized carbons (Fsp3) is 0.312. The first-order chi connectivity index (χ1) is 11.5. The molecule has 0 radical (unpaired) electrons. The highest BCUT2D eigenvalue weighted by Gasteiger charge is 2.08. The van der Waals surface area contributed by atoms with E-state index in [9.17, 15) is 9.59 Å². The van der Waals surface area contributed by atoms with Crippen molar-refractivity contribution in [1.29, 1.82) is 0 Å². The minimum Gasteiger partial charge on any atom is -0.325 e. The van der Waals surface area contributed by atoms with Gasteiger partial charge in [0.05, 0.1) is 11.4 Å². The van der Waals surface area contributed by atoms with Gasteiger partial charge in [0.15, 0.2) is 5.16 Å². The number of hydrogen-bond acceptors (Lipinski definition) is 5. The number of thioether (sulfide) groups is 2. The Labute approximate surface area is 157 Å². The van der Waals surface area contributed by atoms with E-state index >= 15 is 0 Å². The fourth-order valence-electron chi connectivity index (χ4n) is 1.89. The summed E-state index contributed by atoms with van der Waals surface area (Å²) in [6.07, 6.45) is 0. The summed E-state index contributed by atoms with van der Waals surface area (Å²) in [5.74, 6) is 1.70. The Hall–Kier alpha value is -1.25. The van der Waals surface area contributed by atoms with Gasteiger partial charge < -0.3 is 10.3 Å². The third kappa shape index (κ3) is 5.99. The van der Waals surface area contributed by atoms with E-state index in [1.807, 2.05) is 25.1 Å². The molecule has 128 valence electrons. The van der Waals surface area contributed by atoms with Crippen molar-refractivity contribution >= 4 is 51.0 Å². The van der Waals surface area contributed by atoms with Gasteiger partial charge in [-0.05, 0) is 36.4 Å². The molecule has 1 amide bonds. The number of amides is 1. The summed E-state index contributed by atoms with van der Waals surface area (Å²) in [6.45, 7) is 4.02. The number of hydrogen-bond donors (Lipinski definition) is 2. The second-order valence-corrected chi connectivity index (χ2v) is 8.07. The van der Waals surface area contributed by atoms with E-state index in [1.54, 1.807) is 11.8 Å². The van der Waals surface area contributed by atoms with Crippen LogP contribution in [0.15, 0.2) is 38.7 Å². The largest absolute Gasteiger partial charge is 0.325 e. The minimum absolute atomic E-state index is 0.141. The number of rotatable bonds is 7. The Bertz CT molecular complexity index is 780. The summed E-state index contributed by atoms with van der Waals surface area (Å²) < 4.78 is 0.999. The third-order valence-electron chi connectivity index (χ3n) is 3.01. The second kappa shape index (κ2) is 9.29. The van der Waals surface area contributed by atoms with Crippen LogP contribution in [0.1, 0.15) is 18.2 Å². The van der Waals surface area contributed by atoms with Gasteiger partial charge in [-0.25, -0.2) is 4.98 Å². The van der Waals surface area contributed by atoms with Crippen molar-refractivity contribution in [2.45, 2.75) is 24.8 Å². The highest BCUT2D eigenvalue weighted by atomic mass is 79.9. The van der Waals surface area contributed by atoms with Gasteiger partial charge in [-0.2, -0.15) is 11.8 Å². The van der Waals surface area contributed by atoms with Crippen LogP contribution in [0.4, 0.5) is 5.69 Å². The van der Waals surface area contributed by atoms with Crippen molar-refractivity contribution in [3.63, 3.8) is 0 Å². The summed E-state index contributed by atoms with van der Waals surface area (Å²) in [6, 6.07) is 7.13. The number of aromatic amines is 1. The topological polar surface area (TPSA) is 74.8 Å². The SMILES string of the molecule is CCSCc1cc(=O)[nH]c(SCC(=O)Nc2ccc(Br)c(C)c2)n1. The summed E-state index contributed by atoms with van der Waals surface area (Å²) in [7, 11) is 0. The lowest BCUT2D eigenvalue weighted by molar-refractivity contribution is -0.113. The number of anilines is 1. The maximum Gasteiger partial charge on any atom is 0.251 e. The zero-order valence-electron chi connectivity index (χ0n) is 13.4. The molecule has 1 aromatic carbocycles. The van der Waals surface area contributed by atoms with Crippen LogP contribution in [-0.2, 0) is 10.5 Å². The van der Waals surface area contributed by atoms with E-state index in [0.29, 0.717) is 10.9 Å². The molecule has 0 aliphatic heterocycles. The molecule has 0 saturated heterocycles. The zero-order chi connectivity index (χ0) is 17.5. The summed E-state index contributed by atoms with van der Waals surface area (Å²) in [4.78, 5) is 30.7. The molecule has 0 unspecified atom stereocenters. The Morgan fingerprint density at radius 2 is 2.17 bits per heavy atom. The molecule has 0 saturated carbocycles. The van der Waals surface area contributed by atoms with Crippen LogP contribution in [-0.4, -0.2) is 27.4 Å². The predicted molar refractivity (Wildman–Crippen MR) is 105 cm³/mol. The van der Waals surface area contributed by atoms with Crippen LogP contribution in [0, 0.1) is 6.92 Å². The van der Waals surface area contributed by atoms with Gasteiger partial charge in [0.2, 0.25) is 5.91 Å². The van der Waals surface area contributed by atoms with Crippen LogP contribution in [0.3, 0.4) is 0 Å². The van der Waals surface area contributed by atoms with E-state index in [1.165, 1.54) is 17.8 Å². The lowest BCUT2D eigenvalue weighted by Gasteiger charge is -2.07. The van der Waals surface area contributed by atoms with Crippen molar-refractivity contribution in [2.75, 3.05) is 16.8 Å². The van der Waals surface area contributed by atoms with Crippen molar-refractivity contribution in [2.24, 2.45) is 0 Å². The van der Waals surface area contributed by atoms with Gasteiger partial charge in [-0.15, -0.1) is 0 Å². The quantitative estimate of drug-likeness (QED) is 0.518. The van der Waals surface area contributed by atoms with Crippen LogP contribution in [0.25, 0.3) is 0 Å². The van der Waals surface area contributed by atoms with Gasteiger partial charge in [-0.1, -0.05) is 34.6 Å². The average molecular weight is 428 g/mol. The number of carbonyl (C=O) groups excluding carboxylic acids is 1. The van der Waals surface area contributed by atoms with Crippen molar-refractivity contribution < 1.29 is 4.79 Å². The van der Waals surface area contributed by atoms with E-state index in [0.717, 1.165) is 27.2 Å². The molecule has 0 fully saturated rings. The van der Waals surface area contributed by atoms with E-state index in [2.05, 4.69) is 38.1 Å². The molecule has 2 rings (SSSR count). The van der Waals surface area contributed by atoms with Crippen molar-refractivity contribution in [3.05, 3.63) is 50.3 Å². The van der Waals surface area contributed by atoms with Crippen LogP contribution in [0.2, 0.25) is 0 Å². The van der Waals surface area contributed by atoms with Gasteiger partial charge in [0, 0.05) is 22.0 Å². The molecule has 8 heteroatoms. The number of aromatic nitrogens is 2. The summed E-state index contributed by atoms with van der Waals surface area (Å²) in [5.41, 5.74) is 2.34. The Kier molecular flexibility index (Phi) is 7.39. The average Bonchev–Trinajstić information content (AvgIpc) is 2.54. The normalized spacial score (nSPS) is 10.6.